The smallest absolute Gasteiger partial charge is 0.316 e. The van der Waals surface area contributed by atoms with E-state index in [1.807, 2.05) is 0 Å². The zero-order chi connectivity index (χ0) is 15.6. The fraction of sp³-hybridized carbons (Fsp3) is 0.500. The molecule has 2 aromatic heterocycles. The number of rotatable bonds is 4. The Labute approximate surface area is 133 Å². The van der Waals surface area contributed by atoms with Gasteiger partial charge < -0.3 is 14.2 Å². The van der Waals surface area contributed by atoms with E-state index in [0.717, 1.165) is 31.4 Å². The highest BCUT2D eigenvalue weighted by atomic mass is 16.5. The summed E-state index contributed by atoms with van der Waals surface area (Å²) in [4.78, 5) is 22.4. The van der Waals surface area contributed by atoms with Crippen molar-refractivity contribution in [3.63, 3.8) is 0 Å². The normalized spacial score (nSPS) is 18.9. The zero-order valence-corrected chi connectivity index (χ0v) is 12.7. The molecule has 1 aliphatic heterocycles. The van der Waals surface area contributed by atoms with E-state index in [1.54, 1.807) is 29.4 Å². The van der Waals surface area contributed by atoms with Gasteiger partial charge in [-0.15, -0.1) is 0 Å². The van der Waals surface area contributed by atoms with Gasteiger partial charge in [0.1, 0.15) is 11.9 Å². The quantitative estimate of drug-likeness (QED) is 0.859. The van der Waals surface area contributed by atoms with Gasteiger partial charge in [0.2, 0.25) is 0 Å². The van der Waals surface area contributed by atoms with Crippen LogP contribution in [0.2, 0.25) is 0 Å². The van der Waals surface area contributed by atoms with Crippen LogP contribution in [0.1, 0.15) is 47.8 Å². The van der Waals surface area contributed by atoms with Crippen molar-refractivity contribution in [2.75, 3.05) is 13.1 Å². The number of hydrogen-bond acceptors (Lipinski definition) is 6. The van der Waals surface area contributed by atoms with Crippen molar-refractivity contribution >= 4 is 5.91 Å². The number of likely N-dealkylation sites (tertiary alicyclic amines) is 1. The minimum Gasteiger partial charge on any atom is -0.460 e. The topological polar surface area (TPSA) is 81.4 Å². The number of carbonyl (C=O) groups is 1. The Bertz CT molecular complexity index is 676. The van der Waals surface area contributed by atoms with E-state index in [2.05, 4.69) is 15.1 Å². The van der Waals surface area contributed by atoms with Crippen molar-refractivity contribution in [3.05, 3.63) is 36.0 Å². The highest BCUT2D eigenvalue weighted by Crippen LogP contribution is 2.40. The van der Waals surface area contributed by atoms with E-state index in [-0.39, 0.29) is 12.0 Å². The van der Waals surface area contributed by atoms with Crippen LogP contribution in [0.4, 0.5) is 0 Å². The van der Waals surface area contributed by atoms with Gasteiger partial charge in [-0.05, 0) is 18.9 Å². The van der Waals surface area contributed by atoms with Gasteiger partial charge in [0.15, 0.2) is 5.69 Å². The molecule has 7 heteroatoms. The van der Waals surface area contributed by atoms with Crippen LogP contribution in [0, 0.1) is 0 Å². The van der Waals surface area contributed by atoms with Gasteiger partial charge in [0, 0.05) is 50.3 Å². The molecule has 0 bridgehead atoms. The third-order valence-corrected chi connectivity index (χ3v) is 4.27. The molecule has 3 heterocycles. The van der Waals surface area contributed by atoms with Crippen LogP contribution in [0.3, 0.4) is 0 Å². The largest absolute Gasteiger partial charge is 0.460 e. The van der Waals surface area contributed by atoms with Crippen molar-refractivity contribution in [1.82, 2.24) is 20.0 Å². The molecule has 0 aromatic carbocycles. The summed E-state index contributed by atoms with van der Waals surface area (Å²) in [5.74, 6) is 1.25. The lowest BCUT2D eigenvalue weighted by Gasteiger charge is -2.31. The molecule has 0 radical (unpaired) electrons. The van der Waals surface area contributed by atoms with E-state index in [0.29, 0.717) is 30.7 Å². The Kier molecular flexibility index (Phi) is 3.69. The zero-order valence-electron chi connectivity index (χ0n) is 12.7. The number of ether oxygens (including phenoxy) is 1. The van der Waals surface area contributed by atoms with Gasteiger partial charge in [-0.2, -0.15) is 0 Å². The van der Waals surface area contributed by atoms with E-state index < -0.39 is 0 Å². The minimum atomic E-state index is -0.0601. The molecule has 2 fully saturated rings. The highest BCUT2D eigenvalue weighted by molar-refractivity contribution is 5.92. The van der Waals surface area contributed by atoms with Crippen LogP contribution in [-0.2, 0) is 0 Å². The molecular formula is C16H18N4O3. The molecule has 1 saturated carbocycles. The lowest BCUT2D eigenvalue weighted by Crippen LogP contribution is -2.42. The summed E-state index contributed by atoms with van der Waals surface area (Å²) < 4.78 is 11.0. The standard InChI is InChI=1S/C16H18N4O3/c21-15(13-10-14(23-19-13)11-2-3-11)20-8-4-12(5-9-20)22-16-17-6-1-7-18-16/h1,6-7,10-12H,2-5,8-9H2. The van der Waals surface area contributed by atoms with Crippen molar-refractivity contribution < 1.29 is 14.1 Å². The van der Waals surface area contributed by atoms with Crippen LogP contribution >= 0.6 is 0 Å². The van der Waals surface area contributed by atoms with Crippen LogP contribution in [0.15, 0.2) is 29.0 Å². The van der Waals surface area contributed by atoms with Gasteiger partial charge in [-0.3, -0.25) is 4.79 Å². The SMILES string of the molecule is O=C(c1cc(C2CC2)on1)N1CCC(Oc2ncccn2)CC1. The third-order valence-electron chi connectivity index (χ3n) is 4.27. The average Bonchev–Trinajstić information content (AvgIpc) is 3.33. The molecule has 0 spiro atoms. The predicted octanol–water partition coefficient (Wildman–Crippen LogP) is 2.03. The lowest BCUT2D eigenvalue weighted by molar-refractivity contribution is 0.0569. The first kappa shape index (κ1) is 14.2. The molecular weight excluding hydrogens is 296 g/mol. The molecule has 7 nitrogen and oxygen atoms in total. The van der Waals surface area contributed by atoms with Crippen LogP contribution in [-0.4, -0.2) is 45.1 Å². The molecule has 4 rings (SSSR count). The summed E-state index contributed by atoms with van der Waals surface area (Å²) in [6.45, 7) is 1.28. The first-order chi connectivity index (χ1) is 11.3. The molecule has 0 N–H and O–H groups in total. The monoisotopic (exact) mass is 314 g/mol. The fourth-order valence-corrected chi connectivity index (χ4v) is 2.78. The number of aromatic nitrogens is 3. The summed E-state index contributed by atoms with van der Waals surface area (Å²) in [5.41, 5.74) is 0.415. The molecule has 0 unspecified atom stereocenters. The maximum Gasteiger partial charge on any atom is 0.316 e. The number of amides is 1. The summed E-state index contributed by atoms with van der Waals surface area (Å²) in [7, 11) is 0. The third kappa shape index (κ3) is 3.18. The Morgan fingerprint density at radius 2 is 1.91 bits per heavy atom. The fourth-order valence-electron chi connectivity index (χ4n) is 2.78. The van der Waals surface area contributed by atoms with Crippen molar-refractivity contribution in [2.24, 2.45) is 0 Å². The van der Waals surface area contributed by atoms with Crippen molar-refractivity contribution in [3.8, 4) is 6.01 Å². The molecule has 2 aromatic rings. The second kappa shape index (κ2) is 5.98. The molecule has 1 aliphatic carbocycles. The first-order valence-corrected chi connectivity index (χ1v) is 7.99. The minimum absolute atomic E-state index is 0.0424. The first-order valence-electron chi connectivity index (χ1n) is 7.99. The Morgan fingerprint density at radius 3 is 2.61 bits per heavy atom. The summed E-state index contributed by atoms with van der Waals surface area (Å²) in [5, 5.41) is 3.92. The summed E-state index contributed by atoms with van der Waals surface area (Å²) in [6.07, 6.45) is 7.14. The van der Waals surface area contributed by atoms with E-state index in [9.17, 15) is 4.79 Å². The van der Waals surface area contributed by atoms with E-state index >= 15 is 0 Å². The molecule has 1 amide bonds. The Hall–Kier alpha value is -2.44. The predicted molar refractivity (Wildman–Crippen MR) is 80.1 cm³/mol. The average molecular weight is 314 g/mol. The summed E-state index contributed by atoms with van der Waals surface area (Å²) in [6, 6.07) is 3.94. The molecule has 1 saturated heterocycles. The summed E-state index contributed by atoms with van der Waals surface area (Å²) >= 11 is 0. The van der Waals surface area contributed by atoms with Crippen molar-refractivity contribution in [2.45, 2.75) is 37.7 Å². The number of carbonyl (C=O) groups excluding carboxylic acids is 1. The van der Waals surface area contributed by atoms with Crippen LogP contribution < -0.4 is 4.74 Å². The Balaban J connectivity index is 1.32. The maximum absolute atomic E-state index is 12.5. The Morgan fingerprint density at radius 1 is 1.17 bits per heavy atom. The number of hydrogen-bond donors (Lipinski definition) is 0. The second-order valence-corrected chi connectivity index (χ2v) is 6.03. The van der Waals surface area contributed by atoms with Crippen LogP contribution in [0.5, 0.6) is 6.01 Å². The number of piperidine rings is 1. The lowest BCUT2D eigenvalue weighted by atomic mass is 10.1. The van der Waals surface area contributed by atoms with E-state index in [1.165, 1.54) is 0 Å². The maximum atomic E-state index is 12.5. The molecule has 0 atom stereocenters. The van der Waals surface area contributed by atoms with Gasteiger partial charge in [-0.25, -0.2) is 9.97 Å². The molecule has 2 aliphatic rings. The van der Waals surface area contributed by atoms with Crippen molar-refractivity contribution in [1.29, 1.82) is 0 Å². The molecule has 120 valence electrons. The van der Waals surface area contributed by atoms with Gasteiger partial charge in [-0.1, -0.05) is 5.16 Å². The van der Waals surface area contributed by atoms with Crippen LogP contribution in [0.25, 0.3) is 0 Å². The molecule has 23 heavy (non-hydrogen) atoms. The van der Waals surface area contributed by atoms with Gasteiger partial charge >= 0.3 is 6.01 Å². The number of nitrogens with zero attached hydrogens (tertiary/aromatic N) is 4. The second-order valence-electron chi connectivity index (χ2n) is 6.03. The highest BCUT2D eigenvalue weighted by Gasteiger charge is 2.31. The van der Waals surface area contributed by atoms with Gasteiger partial charge in [0.05, 0.1) is 0 Å². The van der Waals surface area contributed by atoms with E-state index in [4.69, 9.17) is 9.26 Å². The van der Waals surface area contributed by atoms with Gasteiger partial charge in [0.25, 0.3) is 5.91 Å².